The number of aromatic amines is 1. The summed E-state index contributed by atoms with van der Waals surface area (Å²) in [7, 11) is 0. The maximum Gasteiger partial charge on any atom is 0.240 e. The first kappa shape index (κ1) is 6.69. The quantitative estimate of drug-likeness (QED) is 0.498. The third-order valence-electron chi connectivity index (χ3n) is 1.51. The zero-order valence-corrected chi connectivity index (χ0v) is 5.98. The number of carbonyl (C=O) groups excluding carboxylic acids is 1. The maximum atomic E-state index is 9.97. The zero-order chi connectivity index (χ0) is 8.39. The lowest BCUT2D eigenvalue weighted by Gasteiger charge is -1.84. The molecule has 2 aromatic rings. The van der Waals surface area contributed by atoms with Crippen LogP contribution in [0.15, 0.2) is 23.5 Å². The van der Waals surface area contributed by atoms with Crippen molar-refractivity contribution in [3.8, 4) is 0 Å². The number of rotatable bonds is 1. The number of nitrogens with zero attached hydrogens (tertiary/aromatic N) is 3. The van der Waals surface area contributed by atoms with Gasteiger partial charge in [0, 0.05) is 11.6 Å². The second-order valence-electron chi connectivity index (χ2n) is 2.17. The van der Waals surface area contributed by atoms with Crippen molar-refractivity contribution in [1.29, 1.82) is 0 Å². The van der Waals surface area contributed by atoms with Crippen molar-refractivity contribution in [2.45, 2.75) is 0 Å². The van der Waals surface area contributed by atoms with E-state index < -0.39 is 0 Å². The zero-order valence-electron chi connectivity index (χ0n) is 5.98. The molecule has 0 aliphatic carbocycles. The third-order valence-corrected chi connectivity index (χ3v) is 1.51. The number of nitrogens with one attached hydrogen (secondary N) is 1. The van der Waals surface area contributed by atoms with Crippen LogP contribution in [0.25, 0.3) is 11.0 Å². The molecule has 0 spiro atoms. The van der Waals surface area contributed by atoms with Crippen LogP contribution in [-0.2, 0) is 4.79 Å². The lowest BCUT2D eigenvalue weighted by Crippen LogP contribution is -1.78. The van der Waals surface area contributed by atoms with E-state index in [4.69, 9.17) is 0 Å². The van der Waals surface area contributed by atoms with Crippen molar-refractivity contribution in [1.82, 2.24) is 15.2 Å². The smallest absolute Gasteiger partial charge is 0.240 e. The molecule has 0 aromatic carbocycles. The van der Waals surface area contributed by atoms with Crippen molar-refractivity contribution < 1.29 is 4.79 Å². The van der Waals surface area contributed by atoms with Crippen molar-refractivity contribution in [3.05, 3.63) is 18.5 Å². The average molecular weight is 160 g/mol. The highest BCUT2D eigenvalue weighted by molar-refractivity contribution is 5.88. The summed E-state index contributed by atoms with van der Waals surface area (Å²) < 4.78 is 0. The van der Waals surface area contributed by atoms with Crippen LogP contribution < -0.4 is 0 Å². The van der Waals surface area contributed by atoms with Gasteiger partial charge in [0.2, 0.25) is 6.08 Å². The van der Waals surface area contributed by atoms with Crippen molar-refractivity contribution in [2.75, 3.05) is 0 Å². The predicted molar refractivity (Wildman–Crippen MR) is 41.7 cm³/mol. The summed E-state index contributed by atoms with van der Waals surface area (Å²) in [5.41, 5.74) is 1.15. The molecule has 2 aromatic heterocycles. The summed E-state index contributed by atoms with van der Waals surface area (Å²) in [4.78, 5) is 16.3. The Bertz CT molecular complexity index is 455. The number of isocyanates is 1. The molecule has 0 aliphatic heterocycles. The van der Waals surface area contributed by atoms with Crippen LogP contribution in [0.2, 0.25) is 0 Å². The van der Waals surface area contributed by atoms with Gasteiger partial charge in [-0.15, -0.1) is 5.10 Å². The highest BCUT2D eigenvalue weighted by Gasteiger charge is 2.01. The number of fused-ring (bicyclic) bond motifs is 1. The molecule has 0 bridgehead atoms. The highest BCUT2D eigenvalue weighted by Crippen LogP contribution is 2.22. The largest absolute Gasteiger partial charge is 0.342 e. The molecule has 2 rings (SSSR count). The van der Waals surface area contributed by atoms with Gasteiger partial charge in [0.1, 0.15) is 5.69 Å². The predicted octanol–water partition coefficient (Wildman–Crippen LogP) is 0.925. The van der Waals surface area contributed by atoms with Gasteiger partial charge >= 0.3 is 0 Å². The Balaban J connectivity index is 2.78. The Morgan fingerprint density at radius 3 is 3.33 bits per heavy atom. The fourth-order valence-electron chi connectivity index (χ4n) is 1.00. The Morgan fingerprint density at radius 2 is 2.50 bits per heavy atom. The van der Waals surface area contributed by atoms with E-state index >= 15 is 0 Å². The normalized spacial score (nSPS) is 9.67. The molecule has 2 heterocycles. The van der Waals surface area contributed by atoms with Crippen molar-refractivity contribution >= 4 is 22.8 Å². The van der Waals surface area contributed by atoms with Crippen molar-refractivity contribution in [2.24, 2.45) is 4.99 Å². The minimum Gasteiger partial charge on any atom is -0.342 e. The van der Waals surface area contributed by atoms with Gasteiger partial charge in [-0.25, -0.2) is 4.79 Å². The molecule has 0 saturated carbocycles. The second kappa shape index (κ2) is 2.56. The molecule has 0 saturated heterocycles. The van der Waals surface area contributed by atoms with Gasteiger partial charge in [0.25, 0.3) is 0 Å². The van der Waals surface area contributed by atoms with E-state index in [-0.39, 0.29) is 0 Å². The van der Waals surface area contributed by atoms with Gasteiger partial charge in [-0.3, -0.25) is 0 Å². The van der Waals surface area contributed by atoms with Gasteiger partial charge in [-0.05, 0) is 6.07 Å². The molecule has 0 unspecified atom stereocenters. The maximum absolute atomic E-state index is 9.97. The van der Waals surface area contributed by atoms with Crippen LogP contribution in [0.1, 0.15) is 0 Å². The summed E-state index contributed by atoms with van der Waals surface area (Å²) >= 11 is 0. The Morgan fingerprint density at radius 1 is 1.58 bits per heavy atom. The number of aliphatic imine (C=N–C) groups is 1. The van der Waals surface area contributed by atoms with E-state index in [0.717, 1.165) is 5.39 Å². The monoisotopic (exact) mass is 160 g/mol. The third kappa shape index (κ3) is 0.889. The van der Waals surface area contributed by atoms with Crippen LogP contribution in [-0.4, -0.2) is 21.3 Å². The van der Waals surface area contributed by atoms with E-state index in [1.807, 2.05) is 0 Å². The average Bonchev–Trinajstić information content (AvgIpc) is 2.50. The molecule has 1 N–H and O–H groups in total. The fourth-order valence-corrected chi connectivity index (χ4v) is 1.00. The standard InChI is InChI=1S/C7H4N4O/c12-4-9-6-3-8-7-5(6)1-2-10-11-7/h1-3H,(H,8,11). The highest BCUT2D eigenvalue weighted by atomic mass is 16.1. The minimum absolute atomic E-state index is 0.537. The number of hydrogen-bond donors (Lipinski definition) is 1. The number of aromatic nitrogens is 3. The Kier molecular flexibility index (Phi) is 1.43. The molecule has 12 heavy (non-hydrogen) atoms. The Labute approximate surface area is 67.2 Å². The summed E-state index contributed by atoms with van der Waals surface area (Å²) in [6.45, 7) is 0. The first-order chi connectivity index (χ1) is 5.92. The molecule has 58 valence electrons. The fraction of sp³-hybridized carbons (Fsp3) is 0. The summed E-state index contributed by atoms with van der Waals surface area (Å²) in [6, 6.07) is 1.73. The van der Waals surface area contributed by atoms with E-state index in [1.54, 1.807) is 18.5 Å². The van der Waals surface area contributed by atoms with Gasteiger partial charge in [-0.2, -0.15) is 10.1 Å². The molecule has 5 heteroatoms. The molecule has 0 fully saturated rings. The summed E-state index contributed by atoms with van der Waals surface area (Å²) in [5, 5.41) is 8.23. The SMILES string of the molecule is O=C=Nc1c[nH]c2nnccc12. The van der Waals surface area contributed by atoms with Crippen molar-refractivity contribution in [3.63, 3.8) is 0 Å². The van der Waals surface area contributed by atoms with E-state index in [2.05, 4.69) is 20.2 Å². The number of H-pyrrole nitrogens is 1. The summed E-state index contributed by atoms with van der Waals surface area (Å²) in [6.07, 6.45) is 4.60. The lowest BCUT2D eigenvalue weighted by molar-refractivity contribution is 0.565. The van der Waals surface area contributed by atoms with Crippen LogP contribution in [0.5, 0.6) is 0 Å². The number of hydrogen-bond acceptors (Lipinski definition) is 4. The topological polar surface area (TPSA) is 71.0 Å². The van der Waals surface area contributed by atoms with Crippen LogP contribution in [0, 0.1) is 0 Å². The van der Waals surface area contributed by atoms with E-state index in [1.165, 1.54) is 6.08 Å². The first-order valence-corrected chi connectivity index (χ1v) is 3.28. The first-order valence-electron chi connectivity index (χ1n) is 3.28. The molecular formula is C7H4N4O. The van der Waals surface area contributed by atoms with E-state index in [9.17, 15) is 4.79 Å². The van der Waals surface area contributed by atoms with Gasteiger partial charge in [0.15, 0.2) is 5.65 Å². The second-order valence-corrected chi connectivity index (χ2v) is 2.17. The van der Waals surface area contributed by atoms with E-state index in [0.29, 0.717) is 11.3 Å². The minimum atomic E-state index is 0.537. The molecule has 0 atom stereocenters. The van der Waals surface area contributed by atoms with Gasteiger partial charge < -0.3 is 4.98 Å². The Hall–Kier alpha value is -2.00. The lowest BCUT2D eigenvalue weighted by atomic mass is 10.3. The van der Waals surface area contributed by atoms with Gasteiger partial charge in [0.05, 0.1) is 6.20 Å². The molecule has 0 radical (unpaired) electrons. The molecule has 0 aliphatic rings. The summed E-state index contributed by atoms with van der Waals surface area (Å²) in [5.74, 6) is 0. The van der Waals surface area contributed by atoms with Crippen LogP contribution >= 0.6 is 0 Å². The van der Waals surface area contributed by atoms with Gasteiger partial charge in [-0.1, -0.05) is 0 Å². The van der Waals surface area contributed by atoms with Crippen LogP contribution in [0.3, 0.4) is 0 Å². The van der Waals surface area contributed by atoms with Crippen LogP contribution in [0.4, 0.5) is 5.69 Å². The molecule has 5 nitrogen and oxygen atoms in total. The molecule has 0 amide bonds. The molecular weight excluding hydrogens is 156 g/mol.